The van der Waals surface area contributed by atoms with E-state index < -0.39 is 42.3 Å². The van der Waals surface area contributed by atoms with E-state index >= 15 is 0 Å². The molecule has 28 heavy (non-hydrogen) atoms. The highest BCUT2D eigenvalue weighted by molar-refractivity contribution is 6.15. The topological polar surface area (TPSA) is 112 Å². The van der Waals surface area contributed by atoms with E-state index in [1.54, 1.807) is 12.1 Å². The number of rotatable bonds is 5. The highest BCUT2D eigenvalue weighted by atomic mass is 19.1. The summed E-state index contributed by atoms with van der Waals surface area (Å²) in [5.74, 6) is -1.41. The molecule has 146 valence electrons. The SMILES string of the molecule is CC1C(=O)N(CC(=O)NC(=O)NCc2ccco2)C(=O)N1c1ccc(F)cc1. The van der Waals surface area contributed by atoms with Crippen LogP contribution in [0.1, 0.15) is 12.7 Å². The summed E-state index contributed by atoms with van der Waals surface area (Å²) in [6.07, 6.45) is 1.44. The Labute approximate surface area is 159 Å². The Morgan fingerprint density at radius 3 is 2.54 bits per heavy atom. The van der Waals surface area contributed by atoms with Crippen LogP contribution in [0.15, 0.2) is 47.1 Å². The third-order valence-electron chi connectivity index (χ3n) is 4.11. The van der Waals surface area contributed by atoms with Crippen molar-refractivity contribution in [3.63, 3.8) is 0 Å². The van der Waals surface area contributed by atoms with Gasteiger partial charge in [-0.15, -0.1) is 0 Å². The second-order valence-electron chi connectivity index (χ2n) is 6.04. The predicted molar refractivity (Wildman–Crippen MR) is 94.5 cm³/mol. The van der Waals surface area contributed by atoms with E-state index in [1.807, 2.05) is 5.32 Å². The Morgan fingerprint density at radius 2 is 1.89 bits per heavy atom. The number of hydrogen-bond donors (Lipinski definition) is 2. The number of nitrogens with zero attached hydrogens (tertiary/aromatic N) is 2. The number of carbonyl (C=O) groups is 4. The molecule has 1 aromatic heterocycles. The molecule has 1 fully saturated rings. The van der Waals surface area contributed by atoms with Gasteiger partial charge < -0.3 is 9.73 Å². The van der Waals surface area contributed by atoms with Gasteiger partial charge in [0, 0.05) is 5.69 Å². The zero-order valence-electron chi connectivity index (χ0n) is 14.8. The molecule has 1 aliphatic heterocycles. The molecular formula is C18H17FN4O5. The maximum atomic E-state index is 13.1. The molecule has 0 bridgehead atoms. The smallest absolute Gasteiger partial charge is 0.332 e. The van der Waals surface area contributed by atoms with Crippen molar-refractivity contribution in [1.29, 1.82) is 0 Å². The summed E-state index contributed by atoms with van der Waals surface area (Å²) in [5, 5.41) is 4.46. The average molecular weight is 388 g/mol. The average Bonchev–Trinajstić information content (AvgIpc) is 3.25. The number of urea groups is 2. The fraction of sp³-hybridized carbons (Fsp3) is 0.222. The standard InChI is InChI=1S/C18H17FN4O5/c1-11-16(25)22(18(27)23(11)13-6-4-12(19)5-7-13)10-15(24)21-17(26)20-9-14-3-2-8-28-14/h2-8,11H,9-10H2,1H3,(H2,20,21,24,26). The van der Waals surface area contributed by atoms with Crippen molar-refractivity contribution in [2.75, 3.05) is 11.4 Å². The lowest BCUT2D eigenvalue weighted by atomic mass is 10.2. The molecule has 1 saturated heterocycles. The van der Waals surface area contributed by atoms with Crippen LogP contribution in [-0.2, 0) is 16.1 Å². The van der Waals surface area contributed by atoms with Crippen LogP contribution >= 0.6 is 0 Å². The van der Waals surface area contributed by atoms with E-state index in [0.29, 0.717) is 11.4 Å². The van der Waals surface area contributed by atoms with E-state index in [9.17, 15) is 23.6 Å². The Balaban J connectivity index is 1.59. The molecular weight excluding hydrogens is 371 g/mol. The maximum Gasteiger partial charge on any atom is 0.332 e. The second-order valence-corrected chi connectivity index (χ2v) is 6.04. The minimum Gasteiger partial charge on any atom is -0.467 e. The minimum absolute atomic E-state index is 0.0725. The highest BCUT2D eigenvalue weighted by Gasteiger charge is 2.44. The fourth-order valence-electron chi connectivity index (χ4n) is 2.74. The lowest BCUT2D eigenvalue weighted by Gasteiger charge is -2.19. The number of nitrogens with one attached hydrogen (secondary N) is 2. The van der Waals surface area contributed by atoms with Crippen molar-refractivity contribution in [3.8, 4) is 0 Å². The fourth-order valence-corrected chi connectivity index (χ4v) is 2.74. The summed E-state index contributed by atoms with van der Waals surface area (Å²) in [7, 11) is 0. The lowest BCUT2D eigenvalue weighted by molar-refractivity contribution is -0.131. The largest absolute Gasteiger partial charge is 0.467 e. The Hall–Kier alpha value is -3.69. The summed E-state index contributed by atoms with van der Waals surface area (Å²) in [6, 6.07) is 5.98. The van der Waals surface area contributed by atoms with E-state index in [1.165, 1.54) is 37.5 Å². The number of hydrogen-bond acceptors (Lipinski definition) is 5. The first-order valence-electron chi connectivity index (χ1n) is 8.37. The molecule has 1 unspecified atom stereocenters. The summed E-state index contributed by atoms with van der Waals surface area (Å²) in [4.78, 5) is 50.6. The van der Waals surface area contributed by atoms with Crippen molar-refractivity contribution in [2.45, 2.75) is 19.5 Å². The maximum absolute atomic E-state index is 13.1. The Morgan fingerprint density at radius 1 is 1.18 bits per heavy atom. The zero-order chi connectivity index (χ0) is 20.3. The van der Waals surface area contributed by atoms with Gasteiger partial charge in [-0.3, -0.25) is 24.7 Å². The molecule has 1 aromatic carbocycles. The van der Waals surface area contributed by atoms with Crippen LogP contribution in [0.2, 0.25) is 0 Å². The predicted octanol–water partition coefficient (Wildman–Crippen LogP) is 1.60. The summed E-state index contributed by atoms with van der Waals surface area (Å²) in [6.45, 7) is 0.953. The van der Waals surface area contributed by atoms with E-state index in [-0.39, 0.29) is 6.54 Å². The molecule has 2 heterocycles. The van der Waals surface area contributed by atoms with Crippen LogP contribution in [0.4, 0.5) is 19.7 Å². The van der Waals surface area contributed by atoms with E-state index in [2.05, 4.69) is 5.32 Å². The number of amides is 6. The number of halogens is 1. The summed E-state index contributed by atoms with van der Waals surface area (Å²) in [5.41, 5.74) is 0.325. The van der Waals surface area contributed by atoms with Crippen LogP contribution in [0, 0.1) is 5.82 Å². The normalized spacial score (nSPS) is 16.4. The monoisotopic (exact) mass is 388 g/mol. The first-order chi connectivity index (χ1) is 13.4. The quantitative estimate of drug-likeness (QED) is 0.756. The molecule has 3 rings (SSSR count). The van der Waals surface area contributed by atoms with Crippen molar-refractivity contribution in [2.24, 2.45) is 0 Å². The van der Waals surface area contributed by atoms with Gasteiger partial charge in [0.05, 0.1) is 12.8 Å². The van der Waals surface area contributed by atoms with Gasteiger partial charge in [0.2, 0.25) is 5.91 Å². The highest BCUT2D eigenvalue weighted by Crippen LogP contribution is 2.25. The molecule has 10 heteroatoms. The third-order valence-corrected chi connectivity index (χ3v) is 4.11. The van der Waals surface area contributed by atoms with Gasteiger partial charge in [-0.25, -0.2) is 14.0 Å². The van der Waals surface area contributed by atoms with Crippen LogP contribution in [0.3, 0.4) is 0 Å². The van der Waals surface area contributed by atoms with Gasteiger partial charge in [0.1, 0.15) is 24.2 Å². The zero-order valence-corrected chi connectivity index (χ0v) is 14.8. The number of carbonyl (C=O) groups excluding carboxylic acids is 4. The molecule has 9 nitrogen and oxygen atoms in total. The van der Waals surface area contributed by atoms with Crippen molar-refractivity contribution < 1.29 is 28.0 Å². The molecule has 0 spiro atoms. The first kappa shape index (κ1) is 19.1. The third kappa shape index (κ3) is 4.00. The molecule has 1 atom stereocenters. The molecule has 0 aliphatic carbocycles. The van der Waals surface area contributed by atoms with Gasteiger partial charge in [-0.2, -0.15) is 0 Å². The minimum atomic E-state index is -0.862. The van der Waals surface area contributed by atoms with Crippen molar-refractivity contribution in [3.05, 3.63) is 54.2 Å². The van der Waals surface area contributed by atoms with Gasteiger partial charge in [-0.05, 0) is 43.3 Å². The first-order valence-corrected chi connectivity index (χ1v) is 8.37. The van der Waals surface area contributed by atoms with Crippen LogP contribution in [0.25, 0.3) is 0 Å². The van der Waals surface area contributed by atoms with Crippen LogP contribution in [0.5, 0.6) is 0 Å². The van der Waals surface area contributed by atoms with Crippen molar-refractivity contribution in [1.82, 2.24) is 15.5 Å². The second kappa shape index (κ2) is 7.91. The Kier molecular flexibility index (Phi) is 5.39. The van der Waals surface area contributed by atoms with E-state index in [4.69, 9.17) is 4.42 Å². The van der Waals surface area contributed by atoms with Gasteiger partial charge in [0.25, 0.3) is 5.91 Å². The number of benzene rings is 1. The van der Waals surface area contributed by atoms with Crippen LogP contribution < -0.4 is 15.5 Å². The van der Waals surface area contributed by atoms with Crippen LogP contribution in [-0.4, -0.2) is 41.4 Å². The van der Waals surface area contributed by atoms with Gasteiger partial charge in [-0.1, -0.05) is 0 Å². The number of imide groups is 2. The van der Waals surface area contributed by atoms with Crippen molar-refractivity contribution >= 4 is 29.6 Å². The Bertz CT molecular complexity index is 897. The molecule has 6 amide bonds. The molecule has 1 aliphatic rings. The molecule has 2 aromatic rings. The van der Waals surface area contributed by atoms with E-state index in [0.717, 1.165) is 9.80 Å². The number of anilines is 1. The molecule has 2 N–H and O–H groups in total. The summed E-state index contributed by atoms with van der Waals surface area (Å²) < 4.78 is 18.1. The summed E-state index contributed by atoms with van der Waals surface area (Å²) >= 11 is 0. The molecule has 0 radical (unpaired) electrons. The lowest BCUT2D eigenvalue weighted by Crippen LogP contribution is -2.46. The molecule has 0 saturated carbocycles. The van der Waals surface area contributed by atoms with Gasteiger partial charge >= 0.3 is 12.1 Å². The number of furan rings is 1. The van der Waals surface area contributed by atoms with Gasteiger partial charge in [0.15, 0.2) is 0 Å².